The van der Waals surface area contributed by atoms with Crippen LogP contribution in [0.15, 0.2) is 42.5 Å². The zero-order chi connectivity index (χ0) is 20.6. The van der Waals surface area contributed by atoms with E-state index in [-0.39, 0.29) is 23.8 Å². The molecule has 2 rings (SSSR count). The molecule has 0 unspecified atom stereocenters. The first-order valence-corrected chi connectivity index (χ1v) is 8.70. The van der Waals surface area contributed by atoms with Crippen molar-refractivity contribution < 1.29 is 32.2 Å². The molecule has 1 amide bonds. The standard InChI is InChI=1S/C20H22F3NO4/c1-3-27-16-6-4-5-15(12-16)24-19(25)10-8-14-7-9-17(18(11-14)26-2)28-13-20(21,22)23/h4-7,9,11-12H,3,8,10,13H2,1-2H3,(H,24,25). The maximum absolute atomic E-state index is 12.3. The minimum Gasteiger partial charge on any atom is -0.494 e. The summed E-state index contributed by atoms with van der Waals surface area (Å²) in [5, 5.41) is 2.79. The molecule has 8 heteroatoms. The maximum atomic E-state index is 12.3. The number of carbonyl (C=O) groups is 1. The molecular formula is C20H22F3NO4. The smallest absolute Gasteiger partial charge is 0.422 e. The molecule has 2 aromatic carbocycles. The summed E-state index contributed by atoms with van der Waals surface area (Å²) in [6.07, 6.45) is -3.83. The fourth-order valence-corrected chi connectivity index (χ4v) is 2.46. The highest BCUT2D eigenvalue weighted by Gasteiger charge is 2.29. The van der Waals surface area contributed by atoms with Crippen LogP contribution in [0.3, 0.4) is 0 Å². The fourth-order valence-electron chi connectivity index (χ4n) is 2.46. The van der Waals surface area contributed by atoms with Crippen LogP contribution in [0.4, 0.5) is 18.9 Å². The van der Waals surface area contributed by atoms with Crippen molar-refractivity contribution in [2.75, 3.05) is 25.6 Å². The monoisotopic (exact) mass is 397 g/mol. The third kappa shape index (κ3) is 7.02. The summed E-state index contributed by atoms with van der Waals surface area (Å²) in [6.45, 7) is 1.01. The van der Waals surface area contributed by atoms with E-state index in [0.29, 0.717) is 24.5 Å². The average Bonchev–Trinajstić information content (AvgIpc) is 2.65. The van der Waals surface area contributed by atoms with Crippen LogP contribution in [0.1, 0.15) is 18.9 Å². The second-order valence-corrected chi connectivity index (χ2v) is 5.90. The Morgan fingerprint density at radius 2 is 1.86 bits per heavy atom. The van der Waals surface area contributed by atoms with Crippen molar-refractivity contribution in [1.82, 2.24) is 0 Å². The van der Waals surface area contributed by atoms with Gasteiger partial charge in [-0.15, -0.1) is 0 Å². The van der Waals surface area contributed by atoms with Gasteiger partial charge in [0.25, 0.3) is 0 Å². The molecule has 0 fully saturated rings. The van der Waals surface area contributed by atoms with Crippen LogP contribution in [-0.2, 0) is 11.2 Å². The summed E-state index contributed by atoms with van der Waals surface area (Å²) < 4.78 is 52.1. The van der Waals surface area contributed by atoms with Gasteiger partial charge in [0.1, 0.15) is 5.75 Å². The summed E-state index contributed by atoms with van der Waals surface area (Å²) in [6, 6.07) is 11.7. The SMILES string of the molecule is CCOc1cccc(NC(=O)CCc2ccc(OCC(F)(F)F)c(OC)c2)c1. The van der Waals surface area contributed by atoms with Crippen molar-refractivity contribution >= 4 is 11.6 Å². The van der Waals surface area contributed by atoms with Gasteiger partial charge in [-0.2, -0.15) is 13.2 Å². The summed E-state index contributed by atoms with van der Waals surface area (Å²) in [4.78, 5) is 12.2. The second kappa shape index (κ2) is 9.87. The molecule has 0 aliphatic heterocycles. The molecule has 0 saturated heterocycles. The molecule has 0 aromatic heterocycles. The lowest BCUT2D eigenvalue weighted by molar-refractivity contribution is -0.153. The van der Waals surface area contributed by atoms with E-state index in [2.05, 4.69) is 5.32 Å². The highest BCUT2D eigenvalue weighted by Crippen LogP contribution is 2.30. The van der Waals surface area contributed by atoms with Crippen molar-refractivity contribution in [2.24, 2.45) is 0 Å². The first-order chi connectivity index (χ1) is 13.3. The highest BCUT2D eigenvalue weighted by atomic mass is 19.4. The molecule has 0 heterocycles. The Morgan fingerprint density at radius 3 is 2.54 bits per heavy atom. The van der Waals surface area contributed by atoms with Gasteiger partial charge in [0.15, 0.2) is 18.1 Å². The molecule has 0 atom stereocenters. The molecule has 0 spiro atoms. The number of nitrogens with one attached hydrogen (secondary N) is 1. The van der Waals surface area contributed by atoms with Crippen molar-refractivity contribution in [2.45, 2.75) is 25.9 Å². The van der Waals surface area contributed by atoms with Gasteiger partial charge in [-0.25, -0.2) is 0 Å². The molecule has 0 aliphatic carbocycles. The number of alkyl halides is 3. The number of rotatable bonds is 9. The zero-order valence-corrected chi connectivity index (χ0v) is 15.6. The Hall–Kier alpha value is -2.90. The van der Waals surface area contributed by atoms with Gasteiger partial charge in [0.2, 0.25) is 5.91 Å². The van der Waals surface area contributed by atoms with Gasteiger partial charge >= 0.3 is 6.18 Å². The fraction of sp³-hybridized carbons (Fsp3) is 0.350. The van der Waals surface area contributed by atoms with Gasteiger partial charge in [0, 0.05) is 18.2 Å². The van der Waals surface area contributed by atoms with E-state index in [1.165, 1.54) is 13.2 Å². The predicted octanol–water partition coefficient (Wildman–Crippen LogP) is 4.61. The van der Waals surface area contributed by atoms with Crippen LogP contribution in [0, 0.1) is 0 Å². The number of ether oxygens (including phenoxy) is 3. The molecule has 2 aromatic rings. The summed E-state index contributed by atoms with van der Waals surface area (Å²) in [5.74, 6) is 0.664. The Balaban J connectivity index is 1.92. The van der Waals surface area contributed by atoms with E-state index < -0.39 is 12.8 Å². The van der Waals surface area contributed by atoms with Crippen LogP contribution in [0.2, 0.25) is 0 Å². The van der Waals surface area contributed by atoms with E-state index in [1.54, 1.807) is 36.4 Å². The Labute approximate surface area is 161 Å². The van der Waals surface area contributed by atoms with Gasteiger partial charge < -0.3 is 19.5 Å². The molecule has 0 radical (unpaired) electrons. The molecule has 152 valence electrons. The largest absolute Gasteiger partial charge is 0.494 e. The number of hydrogen-bond acceptors (Lipinski definition) is 4. The Kier molecular flexibility index (Phi) is 7.54. The Morgan fingerprint density at radius 1 is 1.07 bits per heavy atom. The minimum absolute atomic E-state index is 0.000709. The molecule has 28 heavy (non-hydrogen) atoms. The second-order valence-electron chi connectivity index (χ2n) is 5.90. The van der Waals surface area contributed by atoms with E-state index in [0.717, 1.165) is 5.56 Å². The number of benzene rings is 2. The van der Waals surface area contributed by atoms with Crippen molar-refractivity contribution in [3.8, 4) is 17.2 Å². The highest BCUT2D eigenvalue weighted by molar-refractivity contribution is 5.91. The van der Waals surface area contributed by atoms with Crippen LogP contribution in [0.5, 0.6) is 17.2 Å². The number of halogens is 3. The van der Waals surface area contributed by atoms with Gasteiger partial charge in [-0.05, 0) is 43.2 Å². The van der Waals surface area contributed by atoms with Gasteiger partial charge in [-0.3, -0.25) is 4.79 Å². The zero-order valence-electron chi connectivity index (χ0n) is 15.6. The molecule has 0 aliphatic rings. The van der Waals surface area contributed by atoms with E-state index >= 15 is 0 Å². The lowest BCUT2D eigenvalue weighted by Crippen LogP contribution is -2.19. The number of amides is 1. The summed E-state index contributed by atoms with van der Waals surface area (Å²) in [7, 11) is 1.34. The van der Waals surface area contributed by atoms with Crippen LogP contribution in [0.25, 0.3) is 0 Å². The number of aryl methyl sites for hydroxylation is 1. The molecule has 1 N–H and O–H groups in total. The van der Waals surface area contributed by atoms with Crippen LogP contribution < -0.4 is 19.5 Å². The van der Waals surface area contributed by atoms with Crippen molar-refractivity contribution in [3.05, 3.63) is 48.0 Å². The van der Waals surface area contributed by atoms with Crippen molar-refractivity contribution in [1.29, 1.82) is 0 Å². The number of carbonyl (C=O) groups excluding carboxylic acids is 1. The molecular weight excluding hydrogens is 375 g/mol. The van der Waals surface area contributed by atoms with Crippen LogP contribution >= 0.6 is 0 Å². The first-order valence-electron chi connectivity index (χ1n) is 8.70. The lowest BCUT2D eigenvalue weighted by atomic mass is 10.1. The van der Waals surface area contributed by atoms with E-state index in [4.69, 9.17) is 14.2 Å². The first kappa shape index (κ1) is 21.4. The number of hydrogen-bond donors (Lipinski definition) is 1. The topological polar surface area (TPSA) is 56.8 Å². The van der Waals surface area contributed by atoms with Gasteiger partial charge in [-0.1, -0.05) is 12.1 Å². The number of anilines is 1. The predicted molar refractivity (Wildman–Crippen MR) is 99.1 cm³/mol. The van der Waals surface area contributed by atoms with E-state index in [9.17, 15) is 18.0 Å². The summed E-state index contributed by atoms with van der Waals surface area (Å²) in [5.41, 5.74) is 1.37. The molecule has 5 nitrogen and oxygen atoms in total. The lowest BCUT2D eigenvalue weighted by Gasteiger charge is -2.13. The normalized spacial score (nSPS) is 11.0. The number of methoxy groups -OCH3 is 1. The third-order valence-electron chi connectivity index (χ3n) is 3.69. The van der Waals surface area contributed by atoms with Gasteiger partial charge in [0.05, 0.1) is 13.7 Å². The average molecular weight is 397 g/mol. The Bertz CT molecular complexity index is 793. The van der Waals surface area contributed by atoms with Crippen molar-refractivity contribution in [3.63, 3.8) is 0 Å². The molecule has 0 bridgehead atoms. The summed E-state index contributed by atoms with van der Waals surface area (Å²) >= 11 is 0. The minimum atomic E-state index is -4.43. The maximum Gasteiger partial charge on any atom is 0.422 e. The quantitative estimate of drug-likeness (QED) is 0.672. The van der Waals surface area contributed by atoms with Crippen LogP contribution in [-0.4, -0.2) is 32.4 Å². The molecule has 0 saturated carbocycles. The third-order valence-corrected chi connectivity index (χ3v) is 3.69. The van der Waals surface area contributed by atoms with E-state index in [1.807, 2.05) is 6.92 Å².